The molecule has 3 nitrogen and oxygen atoms in total. The van der Waals surface area contributed by atoms with E-state index in [0.29, 0.717) is 0 Å². The van der Waals surface area contributed by atoms with E-state index in [-0.39, 0.29) is 0 Å². The molecule has 0 aliphatic carbocycles. The topological polar surface area (TPSA) is 34.1 Å². The van der Waals surface area contributed by atoms with Crippen molar-refractivity contribution in [3.05, 3.63) is 23.9 Å². The third-order valence-electron chi connectivity index (χ3n) is 2.42. The Morgan fingerprint density at radius 2 is 2.46 bits per heavy atom. The molecule has 13 heavy (non-hydrogen) atoms. The van der Waals surface area contributed by atoms with E-state index in [9.17, 15) is 0 Å². The predicted molar refractivity (Wildman–Crippen MR) is 50.9 cm³/mol. The molecule has 0 aromatic carbocycles. The van der Waals surface area contributed by atoms with Crippen molar-refractivity contribution in [3.63, 3.8) is 0 Å². The third kappa shape index (κ3) is 1.80. The molecule has 0 bridgehead atoms. The van der Waals surface area contributed by atoms with Gasteiger partial charge < -0.3 is 10.1 Å². The van der Waals surface area contributed by atoms with Crippen molar-refractivity contribution < 1.29 is 4.74 Å². The monoisotopic (exact) mass is 178 g/mol. The van der Waals surface area contributed by atoms with Gasteiger partial charge in [0.25, 0.3) is 0 Å². The molecule has 1 aromatic rings. The summed E-state index contributed by atoms with van der Waals surface area (Å²) in [4.78, 5) is 4.17. The van der Waals surface area contributed by atoms with Gasteiger partial charge in [-0.05, 0) is 31.5 Å². The molecule has 0 saturated carbocycles. The second kappa shape index (κ2) is 3.75. The van der Waals surface area contributed by atoms with Gasteiger partial charge in [0.15, 0.2) is 0 Å². The molecule has 1 saturated heterocycles. The van der Waals surface area contributed by atoms with Gasteiger partial charge in [0.05, 0.1) is 7.11 Å². The Morgan fingerprint density at radius 1 is 1.62 bits per heavy atom. The average molecular weight is 178 g/mol. The highest BCUT2D eigenvalue weighted by molar-refractivity contribution is 5.26. The van der Waals surface area contributed by atoms with Crippen LogP contribution in [0.3, 0.4) is 0 Å². The normalized spacial score (nSPS) is 16.7. The van der Waals surface area contributed by atoms with Crippen LogP contribution in [0.5, 0.6) is 5.88 Å². The highest BCUT2D eigenvalue weighted by Crippen LogP contribution is 2.19. The predicted octanol–water partition coefficient (Wildman–Crippen LogP) is 0.852. The van der Waals surface area contributed by atoms with Gasteiger partial charge in [0, 0.05) is 11.8 Å². The Kier molecular flexibility index (Phi) is 2.45. The van der Waals surface area contributed by atoms with E-state index in [1.54, 1.807) is 13.3 Å². The van der Waals surface area contributed by atoms with Gasteiger partial charge in [-0.15, -0.1) is 0 Å². The maximum Gasteiger partial charge on any atom is 0.216 e. The standard InChI is InChI=1S/C10H14N2O/c1-13-10-9(3-2-4-12-10)5-8-6-11-7-8/h2-4,8,11H,5-7H2,1H3. The van der Waals surface area contributed by atoms with Crippen LogP contribution in [0.25, 0.3) is 0 Å². The Balaban J connectivity index is 2.08. The quantitative estimate of drug-likeness (QED) is 0.745. The summed E-state index contributed by atoms with van der Waals surface area (Å²) in [5, 5.41) is 3.26. The van der Waals surface area contributed by atoms with Crippen molar-refractivity contribution in [2.75, 3.05) is 20.2 Å². The minimum absolute atomic E-state index is 0.762. The number of pyridine rings is 1. The number of ether oxygens (including phenoxy) is 1. The fourth-order valence-electron chi connectivity index (χ4n) is 1.57. The summed E-state index contributed by atoms with van der Waals surface area (Å²) in [5.41, 5.74) is 1.22. The second-order valence-electron chi connectivity index (χ2n) is 3.40. The van der Waals surface area contributed by atoms with Crippen LogP contribution in [0.1, 0.15) is 5.56 Å². The Morgan fingerprint density at radius 3 is 3.08 bits per heavy atom. The van der Waals surface area contributed by atoms with Crippen LogP contribution in [0.4, 0.5) is 0 Å². The molecule has 70 valence electrons. The third-order valence-corrected chi connectivity index (χ3v) is 2.42. The lowest BCUT2D eigenvalue weighted by molar-refractivity contribution is 0.335. The molecule has 3 heteroatoms. The lowest BCUT2D eigenvalue weighted by Crippen LogP contribution is -2.43. The van der Waals surface area contributed by atoms with Crippen molar-refractivity contribution in [2.45, 2.75) is 6.42 Å². The number of aromatic nitrogens is 1. The van der Waals surface area contributed by atoms with Gasteiger partial charge >= 0.3 is 0 Å². The molecule has 1 fully saturated rings. The number of nitrogens with one attached hydrogen (secondary N) is 1. The SMILES string of the molecule is COc1ncccc1CC1CNC1. The number of hydrogen-bond donors (Lipinski definition) is 1. The number of rotatable bonds is 3. The lowest BCUT2D eigenvalue weighted by atomic mass is 9.95. The molecule has 1 aliphatic rings. The smallest absolute Gasteiger partial charge is 0.216 e. The van der Waals surface area contributed by atoms with Crippen molar-refractivity contribution in [1.29, 1.82) is 0 Å². The average Bonchev–Trinajstić information content (AvgIpc) is 2.12. The molecule has 0 amide bonds. The molecule has 0 spiro atoms. The molecule has 1 aromatic heterocycles. The molecule has 1 aliphatic heterocycles. The molecule has 1 N–H and O–H groups in total. The van der Waals surface area contributed by atoms with E-state index >= 15 is 0 Å². The van der Waals surface area contributed by atoms with Crippen LogP contribution in [-0.4, -0.2) is 25.2 Å². The highest BCUT2D eigenvalue weighted by atomic mass is 16.5. The Hall–Kier alpha value is -1.09. The maximum atomic E-state index is 5.18. The summed E-state index contributed by atoms with van der Waals surface area (Å²) in [7, 11) is 1.67. The van der Waals surface area contributed by atoms with Gasteiger partial charge in [-0.2, -0.15) is 0 Å². The second-order valence-corrected chi connectivity index (χ2v) is 3.40. The fraction of sp³-hybridized carbons (Fsp3) is 0.500. The summed E-state index contributed by atoms with van der Waals surface area (Å²) >= 11 is 0. The summed E-state index contributed by atoms with van der Waals surface area (Å²) < 4.78 is 5.18. The Labute approximate surface area is 78.1 Å². The van der Waals surface area contributed by atoms with E-state index in [4.69, 9.17) is 4.74 Å². The zero-order chi connectivity index (χ0) is 9.10. The number of hydrogen-bond acceptors (Lipinski definition) is 3. The summed E-state index contributed by atoms with van der Waals surface area (Å²) in [6.45, 7) is 2.25. The van der Waals surface area contributed by atoms with Gasteiger partial charge in [-0.25, -0.2) is 4.98 Å². The van der Waals surface area contributed by atoms with Crippen LogP contribution in [0.15, 0.2) is 18.3 Å². The molecule has 2 rings (SSSR count). The van der Waals surface area contributed by atoms with Gasteiger partial charge in [-0.1, -0.05) is 6.07 Å². The van der Waals surface area contributed by atoms with Crippen molar-refractivity contribution in [1.82, 2.24) is 10.3 Å². The minimum atomic E-state index is 0.762. The molecule has 0 atom stereocenters. The zero-order valence-corrected chi connectivity index (χ0v) is 7.79. The van der Waals surface area contributed by atoms with Crippen LogP contribution in [-0.2, 0) is 6.42 Å². The molecular weight excluding hydrogens is 164 g/mol. The summed E-state index contributed by atoms with van der Waals surface area (Å²) in [6, 6.07) is 4.05. The summed E-state index contributed by atoms with van der Waals surface area (Å²) in [6.07, 6.45) is 2.84. The van der Waals surface area contributed by atoms with Crippen molar-refractivity contribution in [2.24, 2.45) is 5.92 Å². The fourth-order valence-corrected chi connectivity index (χ4v) is 1.57. The minimum Gasteiger partial charge on any atom is -0.481 e. The lowest BCUT2D eigenvalue weighted by Gasteiger charge is -2.27. The van der Waals surface area contributed by atoms with Crippen molar-refractivity contribution >= 4 is 0 Å². The molecule has 0 unspecified atom stereocenters. The summed E-state index contributed by atoms with van der Waals surface area (Å²) in [5.74, 6) is 1.53. The first-order valence-corrected chi connectivity index (χ1v) is 4.58. The van der Waals surface area contributed by atoms with Crippen molar-refractivity contribution in [3.8, 4) is 5.88 Å². The van der Waals surface area contributed by atoms with Crippen LogP contribution in [0.2, 0.25) is 0 Å². The van der Waals surface area contributed by atoms with E-state index in [0.717, 1.165) is 31.3 Å². The van der Waals surface area contributed by atoms with Gasteiger partial charge in [-0.3, -0.25) is 0 Å². The first kappa shape index (κ1) is 8.51. The Bertz CT molecular complexity index is 284. The van der Waals surface area contributed by atoms with E-state index in [1.165, 1.54) is 5.56 Å². The van der Waals surface area contributed by atoms with E-state index in [1.807, 2.05) is 6.07 Å². The maximum absolute atomic E-state index is 5.18. The van der Waals surface area contributed by atoms with Gasteiger partial charge in [0.1, 0.15) is 0 Å². The zero-order valence-electron chi connectivity index (χ0n) is 7.79. The first-order valence-electron chi connectivity index (χ1n) is 4.58. The van der Waals surface area contributed by atoms with E-state index < -0.39 is 0 Å². The largest absolute Gasteiger partial charge is 0.481 e. The number of nitrogens with zero attached hydrogens (tertiary/aromatic N) is 1. The van der Waals surface area contributed by atoms with Crippen LogP contribution >= 0.6 is 0 Å². The van der Waals surface area contributed by atoms with Gasteiger partial charge in [0.2, 0.25) is 5.88 Å². The first-order chi connectivity index (χ1) is 6.40. The van der Waals surface area contributed by atoms with Crippen LogP contribution in [0, 0.1) is 5.92 Å². The molecular formula is C10H14N2O. The molecule has 0 radical (unpaired) electrons. The number of methoxy groups -OCH3 is 1. The van der Waals surface area contributed by atoms with E-state index in [2.05, 4.69) is 16.4 Å². The molecule has 2 heterocycles. The van der Waals surface area contributed by atoms with Crippen LogP contribution < -0.4 is 10.1 Å². The highest BCUT2D eigenvalue weighted by Gasteiger charge is 2.18.